The van der Waals surface area contributed by atoms with E-state index in [4.69, 9.17) is 14.6 Å². The second-order valence-corrected chi connectivity index (χ2v) is 3.58. The summed E-state index contributed by atoms with van der Waals surface area (Å²) < 4.78 is 11.0. The fourth-order valence-corrected chi connectivity index (χ4v) is 1.46. The van der Waals surface area contributed by atoms with Crippen LogP contribution in [0.4, 0.5) is 0 Å². The van der Waals surface area contributed by atoms with Gasteiger partial charge in [-0.05, 0) is 18.2 Å². The number of aliphatic carboxylic acids is 1. The number of rotatable bonds is 1. The maximum atomic E-state index is 10.3. The van der Waals surface area contributed by atoms with Crippen molar-refractivity contribution in [3.63, 3.8) is 0 Å². The molecule has 4 heteroatoms. The predicted molar refractivity (Wildman–Crippen MR) is 61.2 cm³/mol. The first kappa shape index (κ1) is 11.3. The first-order chi connectivity index (χ1) is 8.25. The minimum absolute atomic E-state index is 0.158. The van der Waals surface area contributed by atoms with Crippen molar-refractivity contribution in [2.24, 2.45) is 0 Å². The van der Waals surface area contributed by atoms with E-state index in [0.29, 0.717) is 24.7 Å². The molecule has 0 saturated carbocycles. The van der Waals surface area contributed by atoms with E-state index in [1.807, 2.05) is 0 Å². The number of hydrogen-bond donors (Lipinski definition) is 1. The van der Waals surface area contributed by atoms with Crippen molar-refractivity contribution in [2.75, 3.05) is 13.2 Å². The van der Waals surface area contributed by atoms with Gasteiger partial charge in [-0.25, -0.2) is 0 Å². The molecule has 88 valence electrons. The van der Waals surface area contributed by atoms with Crippen LogP contribution in [0.2, 0.25) is 0 Å². The second kappa shape index (κ2) is 5.26. The summed E-state index contributed by atoms with van der Waals surface area (Å²) in [6.45, 7) is 1.27. The van der Waals surface area contributed by atoms with Gasteiger partial charge in [0.25, 0.3) is 0 Å². The Balaban J connectivity index is 2.16. The Morgan fingerprint density at radius 3 is 2.82 bits per heavy atom. The van der Waals surface area contributed by atoms with E-state index < -0.39 is 5.97 Å². The third-order valence-corrected chi connectivity index (χ3v) is 2.22. The highest BCUT2D eigenvalue weighted by atomic mass is 16.5. The van der Waals surface area contributed by atoms with Crippen LogP contribution in [0.1, 0.15) is 18.4 Å². The van der Waals surface area contributed by atoms with Crippen molar-refractivity contribution in [2.45, 2.75) is 12.8 Å². The van der Waals surface area contributed by atoms with Gasteiger partial charge in [0.05, 0.1) is 13.2 Å². The standard InChI is InChI=1S/C13H12O4/c14-13(15)4-1-3-10-5-6-11-12(9-10)17-8-2-7-16-11/h5-6,9H,2,4,7-8H2,(H,14,15). The lowest BCUT2D eigenvalue weighted by atomic mass is 10.2. The third-order valence-electron chi connectivity index (χ3n) is 2.22. The number of carboxylic acids is 1. The number of fused-ring (bicyclic) bond motifs is 1. The van der Waals surface area contributed by atoms with Crippen LogP contribution < -0.4 is 9.47 Å². The second-order valence-electron chi connectivity index (χ2n) is 3.58. The van der Waals surface area contributed by atoms with Crippen molar-refractivity contribution < 1.29 is 19.4 Å². The van der Waals surface area contributed by atoms with Crippen molar-refractivity contribution >= 4 is 5.97 Å². The molecule has 1 aliphatic rings. The maximum Gasteiger partial charge on any atom is 0.315 e. The molecule has 0 atom stereocenters. The zero-order chi connectivity index (χ0) is 12.1. The molecule has 1 aromatic carbocycles. The number of ether oxygens (including phenoxy) is 2. The van der Waals surface area contributed by atoms with Crippen LogP contribution in [0.25, 0.3) is 0 Å². The normalized spacial score (nSPS) is 13.2. The van der Waals surface area contributed by atoms with E-state index >= 15 is 0 Å². The smallest absolute Gasteiger partial charge is 0.315 e. The van der Waals surface area contributed by atoms with Gasteiger partial charge in [-0.15, -0.1) is 0 Å². The molecule has 0 spiro atoms. The minimum Gasteiger partial charge on any atom is -0.490 e. The average Bonchev–Trinajstić information content (AvgIpc) is 2.53. The Kier molecular flexibility index (Phi) is 3.51. The summed E-state index contributed by atoms with van der Waals surface area (Å²) in [5.41, 5.74) is 0.732. The molecule has 1 heterocycles. The quantitative estimate of drug-likeness (QED) is 0.748. The SMILES string of the molecule is O=C(O)CC#Cc1ccc2c(c1)OCCCO2. The van der Waals surface area contributed by atoms with Crippen LogP contribution >= 0.6 is 0 Å². The number of hydrogen-bond acceptors (Lipinski definition) is 3. The maximum absolute atomic E-state index is 10.3. The van der Waals surface area contributed by atoms with Crippen LogP contribution in [-0.4, -0.2) is 24.3 Å². The Bertz CT molecular complexity index is 482. The molecule has 0 aromatic heterocycles. The molecule has 0 radical (unpaired) electrons. The minimum atomic E-state index is -0.924. The first-order valence-electron chi connectivity index (χ1n) is 5.36. The van der Waals surface area contributed by atoms with Crippen molar-refractivity contribution in [1.82, 2.24) is 0 Å². The molecule has 2 rings (SSSR count). The summed E-state index contributed by atoms with van der Waals surface area (Å²) in [6.07, 6.45) is 0.698. The van der Waals surface area contributed by atoms with Gasteiger partial charge < -0.3 is 14.6 Å². The van der Waals surface area contributed by atoms with Gasteiger partial charge in [0.1, 0.15) is 6.42 Å². The topological polar surface area (TPSA) is 55.8 Å². The highest BCUT2D eigenvalue weighted by Crippen LogP contribution is 2.29. The number of carboxylic acid groups (broad SMARTS) is 1. The van der Waals surface area contributed by atoms with Crippen LogP contribution in [0.3, 0.4) is 0 Å². The van der Waals surface area contributed by atoms with E-state index in [1.165, 1.54) is 0 Å². The average molecular weight is 232 g/mol. The van der Waals surface area contributed by atoms with Gasteiger partial charge in [0.2, 0.25) is 0 Å². The van der Waals surface area contributed by atoms with Gasteiger partial charge in [-0.3, -0.25) is 4.79 Å². The van der Waals surface area contributed by atoms with Crippen LogP contribution in [0.15, 0.2) is 18.2 Å². The van der Waals surface area contributed by atoms with E-state index in [-0.39, 0.29) is 6.42 Å². The molecule has 1 aliphatic heterocycles. The van der Waals surface area contributed by atoms with Crippen molar-refractivity contribution in [1.29, 1.82) is 0 Å². The van der Waals surface area contributed by atoms with E-state index in [0.717, 1.165) is 12.0 Å². The largest absolute Gasteiger partial charge is 0.490 e. The molecule has 1 aromatic rings. The van der Waals surface area contributed by atoms with Crippen molar-refractivity contribution in [3.05, 3.63) is 23.8 Å². The molecule has 0 aliphatic carbocycles. The zero-order valence-corrected chi connectivity index (χ0v) is 9.23. The van der Waals surface area contributed by atoms with Crippen LogP contribution in [0.5, 0.6) is 11.5 Å². The molecule has 0 bridgehead atoms. The molecular weight excluding hydrogens is 220 g/mol. The van der Waals surface area contributed by atoms with Crippen LogP contribution in [0, 0.1) is 11.8 Å². The summed E-state index contributed by atoms with van der Waals surface area (Å²) in [5.74, 6) is 5.82. The lowest BCUT2D eigenvalue weighted by molar-refractivity contribution is -0.135. The van der Waals surface area contributed by atoms with Crippen LogP contribution in [-0.2, 0) is 4.79 Å². The molecule has 0 saturated heterocycles. The van der Waals surface area contributed by atoms with Gasteiger partial charge in [0, 0.05) is 12.0 Å². The molecule has 17 heavy (non-hydrogen) atoms. The lowest BCUT2D eigenvalue weighted by Gasteiger charge is -2.06. The highest BCUT2D eigenvalue weighted by molar-refractivity contribution is 5.70. The monoisotopic (exact) mass is 232 g/mol. The fraction of sp³-hybridized carbons (Fsp3) is 0.308. The molecule has 4 nitrogen and oxygen atoms in total. The zero-order valence-electron chi connectivity index (χ0n) is 9.23. The highest BCUT2D eigenvalue weighted by Gasteiger charge is 2.09. The summed E-state index contributed by atoms with van der Waals surface area (Å²) in [6, 6.07) is 5.36. The van der Waals surface area contributed by atoms with E-state index in [9.17, 15) is 4.79 Å². The van der Waals surface area contributed by atoms with Gasteiger partial charge in [-0.2, -0.15) is 0 Å². The fourth-order valence-electron chi connectivity index (χ4n) is 1.46. The van der Waals surface area contributed by atoms with Gasteiger partial charge >= 0.3 is 5.97 Å². The summed E-state index contributed by atoms with van der Waals surface area (Å²) >= 11 is 0. The molecular formula is C13H12O4. The van der Waals surface area contributed by atoms with E-state index in [2.05, 4.69) is 11.8 Å². The number of benzene rings is 1. The van der Waals surface area contributed by atoms with Gasteiger partial charge in [-0.1, -0.05) is 11.8 Å². The Labute approximate surface area is 99.2 Å². The molecule has 0 amide bonds. The third kappa shape index (κ3) is 3.15. The van der Waals surface area contributed by atoms with Crippen molar-refractivity contribution in [3.8, 4) is 23.3 Å². The molecule has 1 N–H and O–H groups in total. The summed E-state index contributed by atoms with van der Waals surface area (Å²) in [7, 11) is 0. The van der Waals surface area contributed by atoms with Gasteiger partial charge in [0.15, 0.2) is 11.5 Å². The summed E-state index contributed by atoms with van der Waals surface area (Å²) in [5, 5.41) is 8.47. The number of carbonyl (C=O) groups is 1. The Morgan fingerprint density at radius 1 is 1.29 bits per heavy atom. The molecule has 0 unspecified atom stereocenters. The predicted octanol–water partition coefficient (Wildman–Crippen LogP) is 1.67. The molecule has 0 fully saturated rings. The first-order valence-corrected chi connectivity index (χ1v) is 5.36. The summed E-state index contributed by atoms with van der Waals surface area (Å²) in [4.78, 5) is 10.3. The Morgan fingerprint density at radius 2 is 2.06 bits per heavy atom. The Hall–Kier alpha value is -2.15. The lowest BCUT2D eigenvalue weighted by Crippen LogP contribution is -1.97. The van der Waals surface area contributed by atoms with E-state index in [1.54, 1.807) is 18.2 Å².